The van der Waals surface area contributed by atoms with Crippen molar-refractivity contribution < 1.29 is 0 Å². The molecule has 2 aliphatic carbocycles. The van der Waals surface area contributed by atoms with Crippen molar-refractivity contribution >= 4 is 0 Å². The number of nitrogens with one attached hydrogen (secondary N) is 1. The summed E-state index contributed by atoms with van der Waals surface area (Å²) in [4.78, 5) is 0. The van der Waals surface area contributed by atoms with E-state index in [1.807, 2.05) is 0 Å². The van der Waals surface area contributed by atoms with Gasteiger partial charge >= 0.3 is 0 Å². The molecule has 1 saturated carbocycles. The van der Waals surface area contributed by atoms with E-state index in [9.17, 15) is 0 Å². The summed E-state index contributed by atoms with van der Waals surface area (Å²) in [6.07, 6.45) is 6.35. The number of benzene rings is 1. The molecule has 3 rings (SSSR count). The van der Waals surface area contributed by atoms with Crippen molar-refractivity contribution in [3.63, 3.8) is 0 Å². The normalized spacial score (nSPS) is 31.3. The first-order chi connectivity index (χ1) is 10.7. The third kappa shape index (κ3) is 2.56. The monoisotopic (exact) mass is 313 g/mol. The zero-order valence-electron chi connectivity index (χ0n) is 16.3. The van der Waals surface area contributed by atoms with Gasteiger partial charge in [-0.3, -0.25) is 0 Å². The van der Waals surface area contributed by atoms with Crippen LogP contribution < -0.4 is 5.32 Å². The summed E-state index contributed by atoms with van der Waals surface area (Å²) in [7, 11) is 2.14. The van der Waals surface area contributed by atoms with Gasteiger partial charge in [0.2, 0.25) is 0 Å². The number of hydrogen-bond acceptors (Lipinski definition) is 1. The molecule has 0 spiro atoms. The highest BCUT2D eigenvalue weighted by Gasteiger charge is 2.52. The average Bonchev–Trinajstić information content (AvgIpc) is 3.17. The van der Waals surface area contributed by atoms with Crippen LogP contribution in [-0.2, 0) is 22.8 Å². The van der Waals surface area contributed by atoms with Crippen LogP contribution >= 0.6 is 0 Å². The van der Waals surface area contributed by atoms with Gasteiger partial charge in [-0.25, -0.2) is 0 Å². The molecule has 2 aliphatic rings. The smallest absolute Gasteiger partial charge is 0.0465 e. The topological polar surface area (TPSA) is 12.0 Å². The predicted molar refractivity (Wildman–Crippen MR) is 100 cm³/mol. The maximum atomic E-state index is 3.66. The molecule has 1 fully saturated rings. The third-order valence-corrected chi connectivity index (χ3v) is 6.92. The van der Waals surface area contributed by atoms with Crippen LogP contribution in [0.4, 0.5) is 0 Å². The van der Waals surface area contributed by atoms with Gasteiger partial charge in [0.05, 0.1) is 0 Å². The van der Waals surface area contributed by atoms with Crippen LogP contribution in [0.15, 0.2) is 12.1 Å². The molecule has 1 aromatic carbocycles. The molecule has 1 heteroatoms. The predicted octanol–water partition coefficient (Wildman–Crippen LogP) is 5.44. The lowest BCUT2D eigenvalue weighted by molar-refractivity contribution is 0.433. The molecule has 0 heterocycles. The van der Waals surface area contributed by atoms with E-state index in [1.165, 1.54) is 25.7 Å². The van der Waals surface area contributed by atoms with E-state index >= 15 is 0 Å². The molecule has 1 N–H and O–H groups in total. The highest BCUT2D eigenvalue weighted by Crippen LogP contribution is 2.54. The molecule has 2 atom stereocenters. The van der Waals surface area contributed by atoms with Gasteiger partial charge < -0.3 is 5.32 Å². The summed E-state index contributed by atoms with van der Waals surface area (Å²) >= 11 is 0. The van der Waals surface area contributed by atoms with Gasteiger partial charge in [-0.15, -0.1) is 0 Å². The summed E-state index contributed by atoms with van der Waals surface area (Å²) in [6, 6.07) is 5.17. The number of fused-ring (bicyclic) bond motifs is 1. The van der Waals surface area contributed by atoms with Gasteiger partial charge in [0.25, 0.3) is 0 Å². The Labute approximate surface area is 143 Å². The molecule has 128 valence electrons. The number of rotatable bonds is 3. The van der Waals surface area contributed by atoms with E-state index < -0.39 is 0 Å². The standard InChI is InChI=1S/C22H35N/c1-8-16-12-18-19(13-17(16)22(23-7)14-15(22)2)21(5,6)11-9-10-20(18,3)4/h12-13,15,23H,8-11,14H2,1-7H3. The zero-order chi connectivity index (χ0) is 17.0. The summed E-state index contributed by atoms with van der Waals surface area (Å²) < 4.78 is 0. The molecular formula is C22H35N. The number of aryl methyl sites for hydroxylation is 1. The minimum atomic E-state index is 0.229. The van der Waals surface area contributed by atoms with Crippen LogP contribution in [0.1, 0.15) is 89.5 Å². The molecule has 0 amide bonds. The first-order valence-electron chi connectivity index (χ1n) is 9.55. The van der Waals surface area contributed by atoms with E-state index in [-0.39, 0.29) is 11.0 Å². The second-order valence-corrected chi connectivity index (χ2v) is 9.36. The second kappa shape index (κ2) is 5.34. The van der Waals surface area contributed by atoms with Gasteiger partial charge in [-0.2, -0.15) is 0 Å². The molecule has 2 unspecified atom stereocenters. The molecule has 1 nitrogen and oxygen atoms in total. The van der Waals surface area contributed by atoms with E-state index in [1.54, 1.807) is 22.3 Å². The van der Waals surface area contributed by atoms with Crippen molar-refractivity contribution in [1.29, 1.82) is 0 Å². The lowest BCUT2D eigenvalue weighted by Gasteiger charge is -2.33. The largest absolute Gasteiger partial charge is 0.310 e. The van der Waals surface area contributed by atoms with Crippen LogP contribution in [0.3, 0.4) is 0 Å². The fourth-order valence-electron chi connectivity index (χ4n) is 5.00. The summed E-state index contributed by atoms with van der Waals surface area (Å²) in [6.45, 7) is 14.5. The summed E-state index contributed by atoms with van der Waals surface area (Å²) in [5, 5.41) is 3.66. The summed E-state index contributed by atoms with van der Waals surface area (Å²) in [5.74, 6) is 0.748. The van der Waals surface area contributed by atoms with Gasteiger partial charge in [0, 0.05) is 5.54 Å². The maximum Gasteiger partial charge on any atom is 0.0465 e. The molecular weight excluding hydrogens is 278 g/mol. The minimum absolute atomic E-state index is 0.229. The van der Waals surface area contributed by atoms with Crippen molar-refractivity contribution in [3.05, 3.63) is 34.4 Å². The molecule has 0 aromatic heterocycles. The quantitative estimate of drug-likeness (QED) is 0.732. The summed E-state index contributed by atoms with van der Waals surface area (Å²) in [5.41, 5.74) is 7.19. The van der Waals surface area contributed by atoms with Crippen LogP contribution in [0.25, 0.3) is 0 Å². The van der Waals surface area contributed by atoms with E-state index in [0.29, 0.717) is 5.41 Å². The van der Waals surface area contributed by atoms with Gasteiger partial charge in [0.1, 0.15) is 0 Å². The van der Waals surface area contributed by atoms with E-state index in [0.717, 1.165) is 12.3 Å². The van der Waals surface area contributed by atoms with Crippen LogP contribution in [0.2, 0.25) is 0 Å². The first-order valence-corrected chi connectivity index (χ1v) is 9.55. The SMILES string of the molecule is CCc1cc2c(cc1C1(NC)CC1C)C(C)(C)CCCC2(C)C. The van der Waals surface area contributed by atoms with Crippen LogP contribution in [-0.4, -0.2) is 7.05 Å². The fraction of sp³-hybridized carbons (Fsp3) is 0.727. The van der Waals surface area contributed by atoms with Crippen molar-refractivity contribution in [3.8, 4) is 0 Å². The first kappa shape index (κ1) is 17.0. The lowest BCUT2D eigenvalue weighted by Crippen LogP contribution is -2.30. The Balaban J connectivity index is 2.24. The lowest BCUT2D eigenvalue weighted by atomic mass is 9.72. The molecule has 23 heavy (non-hydrogen) atoms. The van der Waals surface area contributed by atoms with Crippen molar-refractivity contribution in [1.82, 2.24) is 5.32 Å². The van der Waals surface area contributed by atoms with Crippen molar-refractivity contribution in [2.24, 2.45) is 5.92 Å². The van der Waals surface area contributed by atoms with Crippen LogP contribution in [0, 0.1) is 5.92 Å². The van der Waals surface area contributed by atoms with Gasteiger partial charge in [-0.1, -0.05) is 60.1 Å². The minimum Gasteiger partial charge on any atom is -0.310 e. The van der Waals surface area contributed by atoms with Gasteiger partial charge in [0.15, 0.2) is 0 Å². The highest BCUT2D eigenvalue weighted by molar-refractivity contribution is 5.50. The average molecular weight is 314 g/mol. The number of hydrogen-bond donors (Lipinski definition) is 1. The van der Waals surface area contributed by atoms with Gasteiger partial charge in [-0.05, 0) is 71.7 Å². The molecule has 0 saturated heterocycles. The Morgan fingerprint density at radius 1 is 1.00 bits per heavy atom. The highest BCUT2D eigenvalue weighted by atomic mass is 15.0. The molecule has 1 aromatic rings. The second-order valence-electron chi connectivity index (χ2n) is 9.36. The third-order valence-electron chi connectivity index (χ3n) is 6.92. The zero-order valence-corrected chi connectivity index (χ0v) is 16.3. The Bertz CT molecular complexity index is 607. The fourth-order valence-corrected chi connectivity index (χ4v) is 5.00. The van der Waals surface area contributed by atoms with Crippen molar-refractivity contribution in [2.75, 3.05) is 7.05 Å². The maximum absolute atomic E-state index is 3.66. The Morgan fingerprint density at radius 2 is 1.52 bits per heavy atom. The molecule has 0 bridgehead atoms. The van der Waals surface area contributed by atoms with E-state index in [4.69, 9.17) is 0 Å². The molecule has 0 aliphatic heterocycles. The Morgan fingerprint density at radius 3 is 1.96 bits per heavy atom. The van der Waals surface area contributed by atoms with Crippen molar-refractivity contribution in [2.45, 2.75) is 90.0 Å². The van der Waals surface area contributed by atoms with Crippen LogP contribution in [0.5, 0.6) is 0 Å². The Kier molecular flexibility index (Phi) is 3.95. The Hall–Kier alpha value is -0.820. The molecule has 0 radical (unpaired) electrons. The van der Waals surface area contributed by atoms with E-state index in [2.05, 4.69) is 66.0 Å².